The molecule has 1 amide bonds. The summed E-state index contributed by atoms with van der Waals surface area (Å²) in [7, 11) is -3.67. The number of sulfone groups is 1. The molecule has 2 aromatic carbocycles. The molecule has 0 unspecified atom stereocenters. The maximum Gasteiger partial charge on any atom is 0.435 e. The SMILES string of the molecule is Cc1c(C(F)(F)F)nnc(Oc2ccc(C3(C#N)CC3)c(F)c2F)c1C(=O)Nc1cccc(S(C)(=O)=O)c1. The second kappa shape index (κ2) is 9.32. The number of anilines is 1. The summed E-state index contributed by atoms with van der Waals surface area (Å²) in [6.07, 6.45) is -3.44. The molecule has 1 aromatic heterocycles. The van der Waals surface area contributed by atoms with Gasteiger partial charge in [0.25, 0.3) is 11.8 Å². The Labute approximate surface area is 213 Å². The Bertz CT molecular complexity index is 1610. The van der Waals surface area contributed by atoms with Gasteiger partial charge in [0.05, 0.1) is 16.4 Å². The van der Waals surface area contributed by atoms with Crippen molar-refractivity contribution in [3.63, 3.8) is 0 Å². The molecule has 1 fully saturated rings. The number of amides is 1. The van der Waals surface area contributed by atoms with Crippen LogP contribution in [0.15, 0.2) is 41.3 Å². The van der Waals surface area contributed by atoms with E-state index in [2.05, 4.69) is 15.5 Å². The van der Waals surface area contributed by atoms with Crippen LogP contribution in [-0.2, 0) is 21.4 Å². The number of hydrogen-bond donors (Lipinski definition) is 1. The molecule has 198 valence electrons. The fraction of sp³-hybridized carbons (Fsp3) is 0.250. The molecular formula is C24H17F5N4O4S. The van der Waals surface area contributed by atoms with Crippen LogP contribution in [0.25, 0.3) is 0 Å². The third-order valence-corrected chi connectivity index (χ3v) is 7.04. The highest BCUT2D eigenvalue weighted by Crippen LogP contribution is 2.49. The van der Waals surface area contributed by atoms with Crippen molar-refractivity contribution in [2.75, 3.05) is 11.6 Å². The third-order valence-electron chi connectivity index (χ3n) is 5.93. The smallest absolute Gasteiger partial charge is 0.434 e. The number of nitriles is 1. The van der Waals surface area contributed by atoms with Gasteiger partial charge in [-0.1, -0.05) is 12.1 Å². The summed E-state index contributed by atoms with van der Waals surface area (Å²) in [5, 5.41) is 17.9. The van der Waals surface area contributed by atoms with Crippen molar-refractivity contribution in [1.82, 2.24) is 10.2 Å². The fourth-order valence-corrected chi connectivity index (χ4v) is 4.42. The summed E-state index contributed by atoms with van der Waals surface area (Å²) in [4.78, 5) is 12.9. The lowest BCUT2D eigenvalue weighted by atomic mass is 9.97. The van der Waals surface area contributed by atoms with Crippen molar-refractivity contribution in [3.05, 3.63) is 70.4 Å². The Balaban J connectivity index is 1.77. The molecule has 4 rings (SSSR count). The molecule has 14 heteroatoms. The highest BCUT2D eigenvalue weighted by Gasteiger charge is 2.47. The largest absolute Gasteiger partial charge is 0.435 e. The molecule has 0 saturated heterocycles. The first-order valence-electron chi connectivity index (χ1n) is 10.8. The highest BCUT2D eigenvalue weighted by molar-refractivity contribution is 7.90. The van der Waals surface area contributed by atoms with Crippen molar-refractivity contribution in [2.45, 2.75) is 36.3 Å². The monoisotopic (exact) mass is 552 g/mol. The van der Waals surface area contributed by atoms with E-state index < -0.39 is 67.4 Å². The number of aromatic nitrogens is 2. The van der Waals surface area contributed by atoms with E-state index in [4.69, 9.17) is 4.74 Å². The van der Waals surface area contributed by atoms with Gasteiger partial charge in [-0.15, -0.1) is 10.2 Å². The lowest BCUT2D eigenvalue weighted by molar-refractivity contribution is -0.142. The van der Waals surface area contributed by atoms with Crippen LogP contribution in [0.3, 0.4) is 0 Å². The Hall–Kier alpha value is -4.12. The molecular weight excluding hydrogens is 535 g/mol. The first-order chi connectivity index (χ1) is 17.7. The van der Waals surface area contributed by atoms with Crippen molar-refractivity contribution in [3.8, 4) is 17.7 Å². The van der Waals surface area contributed by atoms with E-state index in [1.807, 2.05) is 6.07 Å². The normalized spacial score (nSPS) is 14.5. The number of nitrogens with zero attached hydrogens (tertiary/aromatic N) is 3. The summed E-state index contributed by atoms with van der Waals surface area (Å²) in [6, 6.07) is 8.94. The van der Waals surface area contributed by atoms with Gasteiger partial charge in [-0.05, 0) is 49.6 Å². The maximum absolute atomic E-state index is 14.9. The molecule has 1 aliphatic rings. The van der Waals surface area contributed by atoms with Crippen molar-refractivity contribution < 1.29 is 39.9 Å². The number of carbonyl (C=O) groups excluding carboxylic acids is 1. The number of benzene rings is 2. The summed E-state index contributed by atoms with van der Waals surface area (Å²) in [5.41, 5.74) is -4.48. The van der Waals surface area contributed by atoms with Crippen LogP contribution in [-0.4, -0.2) is 30.8 Å². The molecule has 0 spiro atoms. The van der Waals surface area contributed by atoms with E-state index in [1.54, 1.807) is 0 Å². The topological polar surface area (TPSA) is 122 Å². The number of alkyl halides is 3. The summed E-state index contributed by atoms with van der Waals surface area (Å²) in [6.45, 7) is 0.913. The highest BCUT2D eigenvalue weighted by atomic mass is 32.2. The molecule has 1 aliphatic carbocycles. The Morgan fingerprint density at radius 2 is 1.82 bits per heavy atom. The first kappa shape index (κ1) is 26.9. The number of nitrogens with one attached hydrogen (secondary N) is 1. The van der Waals surface area contributed by atoms with E-state index in [0.29, 0.717) is 12.8 Å². The van der Waals surface area contributed by atoms with Gasteiger partial charge < -0.3 is 10.1 Å². The Kier molecular flexibility index (Phi) is 6.60. The lowest BCUT2D eigenvalue weighted by Crippen LogP contribution is -2.21. The van der Waals surface area contributed by atoms with Crippen LogP contribution in [0.1, 0.15) is 40.0 Å². The predicted molar refractivity (Wildman–Crippen MR) is 122 cm³/mol. The number of halogens is 5. The quantitative estimate of drug-likeness (QED) is 0.423. The molecule has 38 heavy (non-hydrogen) atoms. The van der Waals surface area contributed by atoms with Gasteiger partial charge in [0.2, 0.25) is 5.82 Å². The number of hydrogen-bond acceptors (Lipinski definition) is 7. The number of carbonyl (C=O) groups is 1. The van der Waals surface area contributed by atoms with Crippen LogP contribution in [0.2, 0.25) is 0 Å². The standard InChI is InChI=1S/C24H17F5N4O4S/c1-12-17(21(34)31-13-4-3-5-14(10-13)38(2,35)36)22(33-32-20(12)24(27,28)29)37-16-7-6-15(18(25)19(16)26)23(11-30)8-9-23/h3-7,10H,8-9H2,1-2H3,(H,31,34). The third kappa shape index (κ3) is 5.01. The van der Waals surface area contributed by atoms with Crippen LogP contribution in [0.5, 0.6) is 11.6 Å². The van der Waals surface area contributed by atoms with Crippen LogP contribution in [0.4, 0.5) is 27.6 Å². The minimum absolute atomic E-state index is 0.0820. The second-order valence-electron chi connectivity index (χ2n) is 8.64. The van der Waals surface area contributed by atoms with E-state index in [0.717, 1.165) is 31.4 Å². The number of ether oxygens (including phenoxy) is 1. The second-order valence-corrected chi connectivity index (χ2v) is 10.7. The average molecular weight is 552 g/mol. The maximum atomic E-state index is 14.9. The van der Waals surface area contributed by atoms with E-state index >= 15 is 0 Å². The van der Waals surface area contributed by atoms with Gasteiger partial charge >= 0.3 is 6.18 Å². The van der Waals surface area contributed by atoms with Gasteiger partial charge in [-0.25, -0.2) is 12.8 Å². The molecule has 8 nitrogen and oxygen atoms in total. The van der Waals surface area contributed by atoms with Crippen LogP contribution in [0, 0.1) is 29.9 Å². The van der Waals surface area contributed by atoms with Crippen LogP contribution >= 0.6 is 0 Å². The van der Waals surface area contributed by atoms with Gasteiger partial charge in [-0.2, -0.15) is 22.8 Å². The summed E-state index contributed by atoms with van der Waals surface area (Å²) < 4.78 is 99.0. The number of rotatable bonds is 6. The van der Waals surface area contributed by atoms with Crippen molar-refractivity contribution >= 4 is 21.4 Å². The molecule has 1 saturated carbocycles. The van der Waals surface area contributed by atoms with Gasteiger partial charge in [0.15, 0.2) is 27.1 Å². The molecule has 0 bridgehead atoms. The van der Waals surface area contributed by atoms with Crippen LogP contribution < -0.4 is 10.1 Å². The minimum atomic E-state index is -5.02. The summed E-state index contributed by atoms with van der Waals surface area (Å²) >= 11 is 0. The Morgan fingerprint density at radius 1 is 1.13 bits per heavy atom. The van der Waals surface area contributed by atoms with E-state index in [-0.39, 0.29) is 16.1 Å². The van der Waals surface area contributed by atoms with Gasteiger partial charge in [0, 0.05) is 17.5 Å². The molecule has 0 radical (unpaired) electrons. The fourth-order valence-electron chi connectivity index (χ4n) is 3.76. The zero-order valence-corrected chi connectivity index (χ0v) is 20.5. The first-order valence-corrected chi connectivity index (χ1v) is 12.7. The van der Waals surface area contributed by atoms with E-state index in [9.17, 15) is 40.4 Å². The lowest BCUT2D eigenvalue weighted by Gasteiger charge is -2.17. The zero-order chi connectivity index (χ0) is 28.0. The van der Waals surface area contributed by atoms with Gasteiger partial charge in [0.1, 0.15) is 5.56 Å². The zero-order valence-electron chi connectivity index (χ0n) is 19.7. The average Bonchev–Trinajstić information content (AvgIpc) is 3.62. The van der Waals surface area contributed by atoms with Gasteiger partial charge in [-0.3, -0.25) is 4.79 Å². The molecule has 1 heterocycles. The molecule has 1 N–H and O–H groups in total. The van der Waals surface area contributed by atoms with E-state index in [1.165, 1.54) is 18.2 Å². The molecule has 0 atom stereocenters. The van der Waals surface area contributed by atoms with Crippen molar-refractivity contribution in [2.24, 2.45) is 0 Å². The Morgan fingerprint density at radius 3 is 2.39 bits per heavy atom. The molecule has 3 aromatic rings. The minimum Gasteiger partial charge on any atom is -0.434 e. The van der Waals surface area contributed by atoms with Crippen molar-refractivity contribution in [1.29, 1.82) is 5.26 Å². The molecule has 0 aliphatic heterocycles. The predicted octanol–water partition coefficient (Wildman–Crippen LogP) is 5.09. The summed E-state index contributed by atoms with van der Waals surface area (Å²) in [5.74, 6) is -5.78.